The Bertz CT molecular complexity index is 1250. The third kappa shape index (κ3) is 4.79. The number of anilines is 4. The van der Waals surface area contributed by atoms with Crippen molar-refractivity contribution in [1.29, 1.82) is 0 Å². The molecule has 3 aliphatic rings. The van der Waals surface area contributed by atoms with E-state index in [-0.39, 0.29) is 0 Å². The van der Waals surface area contributed by atoms with E-state index in [1.54, 1.807) is 13.3 Å². The van der Waals surface area contributed by atoms with Gasteiger partial charge in [0.2, 0.25) is 0 Å². The van der Waals surface area contributed by atoms with Crippen molar-refractivity contribution in [3.63, 3.8) is 0 Å². The van der Waals surface area contributed by atoms with Gasteiger partial charge in [0.25, 0.3) is 0 Å². The van der Waals surface area contributed by atoms with Crippen LogP contribution in [0.3, 0.4) is 0 Å². The summed E-state index contributed by atoms with van der Waals surface area (Å²) >= 11 is 6.21. The number of piperazine rings is 1. The summed E-state index contributed by atoms with van der Waals surface area (Å²) in [4.78, 5) is 16.1. The predicted molar refractivity (Wildman–Crippen MR) is 144 cm³/mol. The molecule has 0 spiro atoms. The molecule has 1 saturated heterocycles. The average molecular weight is 489 g/mol. The molecule has 1 aromatic heterocycles. The van der Waals surface area contributed by atoms with E-state index in [1.165, 1.54) is 0 Å². The van der Waals surface area contributed by atoms with Gasteiger partial charge < -0.3 is 4.90 Å². The number of nitrogens with one attached hydrogen (secondary N) is 2. The van der Waals surface area contributed by atoms with Crippen LogP contribution in [0.2, 0.25) is 5.02 Å². The van der Waals surface area contributed by atoms with Crippen molar-refractivity contribution < 1.29 is 4.74 Å². The third-order valence-corrected chi connectivity index (χ3v) is 6.74. The molecule has 1 fully saturated rings. The van der Waals surface area contributed by atoms with Gasteiger partial charge in [0, 0.05) is 26.2 Å². The summed E-state index contributed by atoms with van der Waals surface area (Å²) in [5.41, 5.74) is 4.97. The molecule has 0 amide bonds. The van der Waals surface area contributed by atoms with Crippen LogP contribution in [0.15, 0.2) is 59.8 Å². The molecule has 0 bridgehead atoms. The number of ether oxygens (including phenoxy) is 1. The van der Waals surface area contributed by atoms with Crippen molar-refractivity contribution in [2.45, 2.75) is 6.42 Å². The van der Waals surface area contributed by atoms with Gasteiger partial charge in [0.1, 0.15) is 0 Å². The number of nitrogens with zero attached hydrogens (tertiary/aromatic N) is 5. The van der Waals surface area contributed by atoms with Crippen LogP contribution in [0, 0.1) is 0 Å². The minimum absolute atomic E-state index is 0.475. The zero-order valence-corrected chi connectivity index (χ0v) is 20.9. The van der Waals surface area contributed by atoms with Crippen molar-refractivity contribution >= 4 is 47.8 Å². The van der Waals surface area contributed by atoms with Crippen LogP contribution in [0.25, 0.3) is 0 Å². The third-order valence-electron chi connectivity index (χ3n) is 6.50. The van der Waals surface area contributed by atoms with E-state index in [2.05, 4.69) is 50.7 Å². The number of allylic oxidation sites excluding steroid dienone is 3. The Morgan fingerprint density at radius 1 is 1.17 bits per heavy atom. The molecule has 1 aliphatic carbocycles. The van der Waals surface area contributed by atoms with E-state index in [9.17, 15) is 0 Å². The molecular weight excluding hydrogens is 461 g/mol. The number of methoxy groups -OCH3 is 1. The molecule has 0 atom stereocenters. The van der Waals surface area contributed by atoms with Crippen molar-refractivity contribution in [2.75, 3.05) is 62.9 Å². The molecule has 179 valence electrons. The van der Waals surface area contributed by atoms with E-state index in [4.69, 9.17) is 28.8 Å². The Labute approximate surface area is 212 Å². The number of benzene rings is 1. The van der Waals surface area contributed by atoms with Gasteiger partial charge in [-0.15, -0.1) is 0 Å². The molecule has 5 rings (SSSR count). The Morgan fingerprint density at radius 2 is 1.97 bits per heavy atom. The fourth-order valence-corrected chi connectivity index (χ4v) is 4.65. The standard InChI is InChI=1S/C25H28BClN7O/c1-32-9-11-34(12-10-32)17-5-4-6-19(22(14-17)35-3)30-25-28-15-20-24(31-25)33(2)21-8-7-16(27)13-18(21)23(26)29-20/h4-5,7-8,13-15,29H,6,9-12H2,1-3H3,(H,28,30,31). The van der Waals surface area contributed by atoms with Gasteiger partial charge in [0.05, 0.1) is 0 Å². The van der Waals surface area contributed by atoms with Crippen LogP contribution < -0.4 is 15.5 Å². The fraction of sp³-hybridized carbons (Fsp3) is 0.320. The second kappa shape index (κ2) is 9.75. The van der Waals surface area contributed by atoms with Gasteiger partial charge in [-0.25, -0.2) is 0 Å². The Morgan fingerprint density at radius 3 is 2.74 bits per heavy atom. The average Bonchev–Trinajstić information content (AvgIpc) is 3.11. The fourth-order valence-electron chi connectivity index (χ4n) is 4.48. The van der Waals surface area contributed by atoms with Crippen LogP contribution in [-0.4, -0.2) is 80.2 Å². The summed E-state index contributed by atoms with van der Waals surface area (Å²) in [7, 11) is 12.1. The number of fused-ring (bicyclic) bond motifs is 2. The second-order valence-electron chi connectivity index (χ2n) is 8.83. The maximum absolute atomic E-state index is 6.32. The Balaban J connectivity index is 1.44. The molecule has 2 aliphatic heterocycles. The molecule has 3 heterocycles. The summed E-state index contributed by atoms with van der Waals surface area (Å²) in [6.45, 7) is 4.08. The van der Waals surface area contributed by atoms with Gasteiger partial charge in [0.15, 0.2) is 0 Å². The Kier molecular flexibility index (Phi) is 6.53. The van der Waals surface area contributed by atoms with Gasteiger partial charge in [-0.1, -0.05) is 0 Å². The molecule has 2 aromatic rings. The van der Waals surface area contributed by atoms with E-state index in [0.29, 0.717) is 34.5 Å². The monoisotopic (exact) mass is 488 g/mol. The summed E-state index contributed by atoms with van der Waals surface area (Å²) in [6.07, 6.45) is 8.80. The summed E-state index contributed by atoms with van der Waals surface area (Å²) < 4.78 is 5.78. The van der Waals surface area contributed by atoms with Gasteiger partial charge in [-0.05, 0) is 7.05 Å². The number of hydrogen-bond acceptors (Lipinski definition) is 8. The van der Waals surface area contributed by atoms with E-state index in [0.717, 1.165) is 54.6 Å². The van der Waals surface area contributed by atoms with E-state index < -0.39 is 0 Å². The topological polar surface area (TPSA) is 68.8 Å². The number of rotatable bonds is 4. The zero-order chi connectivity index (χ0) is 24.5. The maximum atomic E-state index is 6.32. The van der Waals surface area contributed by atoms with Gasteiger partial charge in [-0.2, -0.15) is 0 Å². The number of likely N-dealkylation sites (N-methyl/N-ethyl adjacent to an activating group) is 1. The van der Waals surface area contributed by atoms with Gasteiger partial charge in [-0.3, -0.25) is 0 Å². The first-order valence-electron chi connectivity index (χ1n) is 11.6. The number of halogens is 1. The summed E-state index contributed by atoms with van der Waals surface area (Å²) in [6, 6.07) is 5.61. The van der Waals surface area contributed by atoms with Crippen molar-refractivity contribution in [2.24, 2.45) is 0 Å². The van der Waals surface area contributed by atoms with E-state index in [1.807, 2.05) is 30.1 Å². The first kappa shape index (κ1) is 23.4. The Hall–Kier alpha value is -3.30. The van der Waals surface area contributed by atoms with Crippen LogP contribution in [0.5, 0.6) is 0 Å². The molecule has 1 aromatic carbocycles. The molecule has 2 N–H and O–H groups in total. The molecule has 0 saturated carbocycles. The van der Waals surface area contributed by atoms with E-state index >= 15 is 0 Å². The van der Waals surface area contributed by atoms with Crippen LogP contribution in [0.1, 0.15) is 12.0 Å². The number of aromatic nitrogens is 2. The van der Waals surface area contributed by atoms with Crippen LogP contribution in [0.4, 0.5) is 23.1 Å². The van der Waals surface area contributed by atoms with Crippen molar-refractivity contribution in [3.8, 4) is 0 Å². The predicted octanol–water partition coefficient (Wildman–Crippen LogP) is 3.33. The number of hydrogen-bond donors (Lipinski definition) is 2. The molecule has 8 nitrogen and oxygen atoms in total. The summed E-state index contributed by atoms with van der Waals surface area (Å²) in [5, 5.41) is 7.22. The van der Waals surface area contributed by atoms with Crippen LogP contribution >= 0.6 is 11.6 Å². The normalized spacial score (nSPS) is 18.3. The van der Waals surface area contributed by atoms with Gasteiger partial charge >= 0.3 is 174 Å². The molecular formula is C25H28BClN7O. The van der Waals surface area contributed by atoms with Crippen molar-refractivity contribution in [1.82, 2.24) is 19.8 Å². The van der Waals surface area contributed by atoms with Crippen LogP contribution in [-0.2, 0) is 4.74 Å². The second-order valence-corrected chi connectivity index (χ2v) is 9.26. The minimum atomic E-state index is 0.475. The zero-order valence-electron chi connectivity index (χ0n) is 20.2. The molecule has 1 radical (unpaired) electrons. The first-order chi connectivity index (χ1) is 16.9. The molecule has 0 unspecified atom stereocenters. The molecule has 35 heavy (non-hydrogen) atoms. The molecule has 10 heteroatoms. The van der Waals surface area contributed by atoms with Crippen molar-refractivity contribution in [3.05, 3.63) is 70.4 Å². The quantitative estimate of drug-likeness (QED) is 0.635. The first-order valence-corrected chi connectivity index (χ1v) is 12.0. The SMILES string of the molecule is [B]=C1Nc2cnc(NC3=C(OC)C=C(N4CCN(C)CC4)C=CC3)nc2N(C)c2ccc(Cl)cc21. The summed E-state index contributed by atoms with van der Waals surface area (Å²) in [5.74, 6) is 1.94.